The van der Waals surface area contributed by atoms with Crippen molar-refractivity contribution < 1.29 is 18.4 Å². The van der Waals surface area contributed by atoms with E-state index in [0.29, 0.717) is 30.0 Å². The topological polar surface area (TPSA) is 102 Å². The molecule has 0 unspecified atom stereocenters. The number of rotatable bonds is 7. The SMILES string of the molecule is O=C1CCN(c2cccc(CN3CCN(c4cccc(-c5cnn6ccc(N7CCC[C@@H]7c7ccc(F)cc7F)nc56)n4)CC3)c2)C(=O)N1. The van der Waals surface area contributed by atoms with Crippen LogP contribution in [-0.4, -0.2) is 75.7 Å². The van der Waals surface area contributed by atoms with Gasteiger partial charge in [0, 0.05) is 75.7 Å². The van der Waals surface area contributed by atoms with Crippen molar-refractivity contribution in [3.05, 3.63) is 102 Å². The quantitative estimate of drug-likeness (QED) is 0.254. The van der Waals surface area contributed by atoms with Crippen molar-refractivity contribution >= 4 is 34.9 Å². The number of anilines is 3. The summed E-state index contributed by atoms with van der Waals surface area (Å²) in [6, 6.07) is 19.0. The van der Waals surface area contributed by atoms with Gasteiger partial charge in [-0.15, -0.1) is 0 Å². The van der Waals surface area contributed by atoms with E-state index >= 15 is 0 Å². The minimum Gasteiger partial charge on any atom is -0.354 e. The zero-order chi connectivity index (χ0) is 33.5. The maximum atomic E-state index is 14.8. The van der Waals surface area contributed by atoms with Crippen LogP contribution in [0.1, 0.15) is 36.4 Å². The summed E-state index contributed by atoms with van der Waals surface area (Å²) in [4.78, 5) is 42.3. The molecule has 3 aromatic heterocycles. The molecule has 3 amide bonds. The Kier molecular flexibility index (Phi) is 8.12. The van der Waals surface area contributed by atoms with E-state index in [1.807, 2.05) is 48.7 Å². The van der Waals surface area contributed by atoms with Gasteiger partial charge in [-0.2, -0.15) is 5.10 Å². The molecule has 1 N–H and O–H groups in total. The van der Waals surface area contributed by atoms with E-state index in [2.05, 4.69) is 31.2 Å². The van der Waals surface area contributed by atoms with Crippen LogP contribution in [0.5, 0.6) is 0 Å². The molecule has 8 rings (SSSR count). The van der Waals surface area contributed by atoms with Crippen LogP contribution in [0, 0.1) is 11.6 Å². The molecule has 3 saturated heterocycles. The fourth-order valence-electron chi connectivity index (χ4n) is 7.11. The van der Waals surface area contributed by atoms with E-state index in [9.17, 15) is 18.4 Å². The van der Waals surface area contributed by atoms with Crippen LogP contribution in [0.3, 0.4) is 0 Å². The number of urea groups is 1. The first kappa shape index (κ1) is 30.9. The Balaban J connectivity index is 0.958. The molecule has 250 valence electrons. The van der Waals surface area contributed by atoms with Crippen LogP contribution in [0.2, 0.25) is 0 Å². The molecular formula is C36H35F2N9O2. The van der Waals surface area contributed by atoms with Gasteiger partial charge in [-0.25, -0.2) is 28.1 Å². The van der Waals surface area contributed by atoms with Crippen molar-refractivity contribution in [2.75, 3.05) is 54.0 Å². The summed E-state index contributed by atoms with van der Waals surface area (Å²) in [5.41, 5.74) is 4.60. The number of aromatic nitrogens is 4. The first-order valence-corrected chi connectivity index (χ1v) is 16.6. The van der Waals surface area contributed by atoms with Crippen molar-refractivity contribution in [3.63, 3.8) is 0 Å². The smallest absolute Gasteiger partial charge is 0.328 e. The van der Waals surface area contributed by atoms with Gasteiger partial charge in [0.2, 0.25) is 5.91 Å². The predicted octanol–water partition coefficient (Wildman–Crippen LogP) is 5.18. The lowest BCUT2D eigenvalue weighted by Crippen LogP contribution is -2.49. The second-order valence-electron chi connectivity index (χ2n) is 12.7. The number of benzene rings is 2. The molecule has 6 heterocycles. The number of amides is 3. The maximum Gasteiger partial charge on any atom is 0.328 e. The van der Waals surface area contributed by atoms with Gasteiger partial charge >= 0.3 is 6.03 Å². The molecular weight excluding hydrogens is 628 g/mol. The monoisotopic (exact) mass is 663 g/mol. The van der Waals surface area contributed by atoms with Gasteiger partial charge in [0.15, 0.2) is 5.65 Å². The molecule has 0 radical (unpaired) electrons. The molecule has 0 bridgehead atoms. The zero-order valence-electron chi connectivity index (χ0n) is 26.8. The molecule has 3 aliphatic rings. The average molecular weight is 664 g/mol. The first-order valence-electron chi connectivity index (χ1n) is 16.6. The van der Waals surface area contributed by atoms with E-state index in [-0.39, 0.29) is 18.0 Å². The van der Waals surface area contributed by atoms with Gasteiger partial charge in [-0.1, -0.05) is 24.3 Å². The van der Waals surface area contributed by atoms with Crippen molar-refractivity contribution in [1.29, 1.82) is 0 Å². The van der Waals surface area contributed by atoms with Gasteiger partial charge < -0.3 is 9.80 Å². The summed E-state index contributed by atoms with van der Waals surface area (Å²) in [7, 11) is 0. The highest BCUT2D eigenvalue weighted by molar-refractivity contribution is 6.05. The standard InChI is InChI=1S/C36H35F2N9O2/c37-25-9-10-27(29(38)21-25)31-7-3-13-46(31)33-11-15-47-35(41-33)28(22-39-47)30-6-2-8-32(40-30)44-18-16-43(17-19-44)23-24-4-1-5-26(20-24)45-14-12-34(48)42-36(45)49/h1-2,4-6,8-11,15,20-22,31H,3,7,12-14,16-19,23H2,(H,42,48,49)/t31-/m1/s1. The fraction of sp³-hybridized carbons (Fsp3) is 0.306. The third-order valence-electron chi connectivity index (χ3n) is 9.61. The van der Waals surface area contributed by atoms with Crippen LogP contribution < -0.4 is 20.0 Å². The Morgan fingerprint density at radius 2 is 1.71 bits per heavy atom. The van der Waals surface area contributed by atoms with Gasteiger partial charge in [-0.3, -0.25) is 19.9 Å². The molecule has 3 aliphatic heterocycles. The van der Waals surface area contributed by atoms with E-state index in [0.717, 1.165) is 86.5 Å². The van der Waals surface area contributed by atoms with Crippen molar-refractivity contribution in [3.8, 4) is 11.3 Å². The zero-order valence-corrected chi connectivity index (χ0v) is 26.8. The number of nitrogens with zero attached hydrogens (tertiary/aromatic N) is 8. The van der Waals surface area contributed by atoms with Crippen molar-refractivity contribution in [2.45, 2.75) is 31.8 Å². The number of hydrogen-bond acceptors (Lipinski definition) is 8. The summed E-state index contributed by atoms with van der Waals surface area (Å²) in [5, 5.41) is 6.92. The number of carbonyl (C=O) groups is 2. The third kappa shape index (κ3) is 6.17. The number of fused-ring (bicyclic) bond motifs is 1. The van der Waals surface area contributed by atoms with Gasteiger partial charge in [-0.05, 0) is 54.8 Å². The van der Waals surface area contributed by atoms with Crippen LogP contribution in [0.4, 0.5) is 30.9 Å². The molecule has 0 aliphatic carbocycles. The fourth-order valence-corrected chi connectivity index (χ4v) is 7.11. The van der Waals surface area contributed by atoms with Crippen LogP contribution >= 0.6 is 0 Å². The maximum absolute atomic E-state index is 14.8. The van der Waals surface area contributed by atoms with Crippen LogP contribution in [0.25, 0.3) is 16.9 Å². The molecule has 0 spiro atoms. The number of imide groups is 1. The first-order chi connectivity index (χ1) is 23.9. The summed E-state index contributed by atoms with van der Waals surface area (Å²) in [5.74, 6) is 0.230. The van der Waals surface area contributed by atoms with Gasteiger partial charge in [0.25, 0.3) is 0 Å². The highest BCUT2D eigenvalue weighted by Crippen LogP contribution is 2.37. The Morgan fingerprint density at radius 1 is 0.857 bits per heavy atom. The second kappa shape index (κ2) is 12.9. The van der Waals surface area contributed by atoms with Gasteiger partial charge in [0.05, 0.1) is 23.5 Å². The highest BCUT2D eigenvalue weighted by Gasteiger charge is 2.30. The lowest BCUT2D eigenvalue weighted by Gasteiger charge is -2.35. The molecule has 0 saturated carbocycles. The number of halogens is 2. The number of piperazine rings is 1. The van der Waals surface area contributed by atoms with E-state index in [1.54, 1.807) is 15.6 Å². The summed E-state index contributed by atoms with van der Waals surface area (Å²) in [6.45, 7) is 5.16. The predicted molar refractivity (Wildman–Crippen MR) is 181 cm³/mol. The molecule has 49 heavy (non-hydrogen) atoms. The number of carbonyl (C=O) groups excluding carboxylic acids is 2. The molecule has 11 nitrogen and oxygen atoms in total. The normalized spacial score (nSPS) is 18.8. The number of hydrogen-bond donors (Lipinski definition) is 1. The number of nitrogens with one attached hydrogen (secondary N) is 1. The molecule has 2 aromatic carbocycles. The van der Waals surface area contributed by atoms with Crippen molar-refractivity contribution in [1.82, 2.24) is 29.8 Å². The summed E-state index contributed by atoms with van der Waals surface area (Å²) < 4.78 is 30.1. The van der Waals surface area contributed by atoms with Crippen molar-refractivity contribution in [2.24, 2.45) is 0 Å². The average Bonchev–Trinajstić information content (AvgIpc) is 3.76. The van der Waals surface area contributed by atoms with E-state index < -0.39 is 11.6 Å². The lowest BCUT2D eigenvalue weighted by atomic mass is 10.0. The Hall–Kier alpha value is -5.43. The summed E-state index contributed by atoms with van der Waals surface area (Å²) >= 11 is 0. The molecule has 1 atom stereocenters. The van der Waals surface area contributed by atoms with E-state index in [4.69, 9.17) is 9.97 Å². The highest BCUT2D eigenvalue weighted by atomic mass is 19.1. The number of pyridine rings is 1. The minimum atomic E-state index is -0.585. The Bertz CT molecular complexity index is 2040. The Labute approximate surface area is 281 Å². The van der Waals surface area contributed by atoms with Crippen LogP contribution in [-0.2, 0) is 11.3 Å². The largest absolute Gasteiger partial charge is 0.354 e. The minimum absolute atomic E-state index is 0.228. The van der Waals surface area contributed by atoms with E-state index in [1.165, 1.54) is 12.1 Å². The molecule has 5 aromatic rings. The van der Waals surface area contributed by atoms with Gasteiger partial charge in [0.1, 0.15) is 23.3 Å². The Morgan fingerprint density at radius 3 is 2.55 bits per heavy atom. The van der Waals surface area contributed by atoms with Crippen LogP contribution in [0.15, 0.2) is 79.1 Å². The third-order valence-corrected chi connectivity index (χ3v) is 9.61. The summed E-state index contributed by atoms with van der Waals surface area (Å²) in [6.07, 6.45) is 5.56. The second-order valence-corrected chi connectivity index (χ2v) is 12.7. The molecule has 13 heteroatoms. The lowest BCUT2D eigenvalue weighted by molar-refractivity contribution is -0.120. The molecule has 3 fully saturated rings.